The van der Waals surface area contributed by atoms with Gasteiger partial charge in [-0.15, -0.1) is 0 Å². The zero-order valence-electron chi connectivity index (χ0n) is 12.0. The van der Waals surface area contributed by atoms with Gasteiger partial charge in [0.2, 0.25) is 0 Å². The molecule has 2 heteroatoms. The van der Waals surface area contributed by atoms with Crippen molar-refractivity contribution in [3.8, 4) is 0 Å². The van der Waals surface area contributed by atoms with Gasteiger partial charge in [0.25, 0.3) is 0 Å². The van der Waals surface area contributed by atoms with Gasteiger partial charge in [-0.05, 0) is 39.3 Å². The molecule has 102 valence electrons. The number of hydrogen-bond donors (Lipinski definition) is 1. The van der Waals surface area contributed by atoms with Crippen LogP contribution < -0.4 is 5.32 Å². The molecule has 1 unspecified atom stereocenters. The highest BCUT2D eigenvalue weighted by Crippen LogP contribution is 2.08. The number of rotatable bonds is 9. The van der Waals surface area contributed by atoms with Crippen LogP contribution in [0, 0.1) is 0 Å². The van der Waals surface area contributed by atoms with Crippen LogP contribution in [0.1, 0.15) is 65.2 Å². The summed E-state index contributed by atoms with van der Waals surface area (Å²) in [6, 6.07) is 0.705. The molecule has 1 atom stereocenters. The first-order valence-electron chi connectivity index (χ1n) is 7.78. The molecule has 0 aliphatic carbocycles. The Morgan fingerprint density at radius 3 is 2.53 bits per heavy atom. The summed E-state index contributed by atoms with van der Waals surface area (Å²) < 4.78 is 0. The van der Waals surface area contributed by atoms with Crippen molar-refractivity contribution in [1.29, 1.82) is 0 Å². The number of hydrogen-bond acceptors (Lipinski definition) is 2. The Kier molecular flexibility index (Phi) is 8.72. The van der Waals surface area contributed by atoms with Gasteiger partial charge in [-0.1, -0.05) is 39.0 Å². The number of piperidine rings is 1. The first-order valence-corrected chi connectivity index (χ1v) is 7.78. The Bertz CT molecular complexity index is 164. The van der Waals surface area contributed by atoms with Gasteiger partial charge >= 0.3 is 0 Å². The van der Waals surface area contributed by atoms with E-state index in [2.05, 4.69) is 24.1 Å². The van der Waals surface area contributed by atoms with E-state index in [9.17, 15) is 0 Å². The summed E-state index contributed by atoms with van der Waals surface area (Å²) in [6.45, 7) is 9.69. The summed E-state index contributed by atoms with van der Waals surface area (Å²) in [6.07, 6.45) is 11.2. The summed E-state index contributed by atoms with van der Waals surface area (Å²) in [4.78, 5) is 2.61. The van der Waals surface area contributed by atoms with Gasteiger partial charge in [0.15, 0.2) is 0 Å². The summed E-state index contributed by atoms with van der Waals surface area (Å²) in [5.41, 5.74) is 0. The second-order valence-electron chi connectivity index (χ2n) is 5.61. The van der Waals surface area contributed by atoms with Crippen molar-refractivity contribution >= 4 is 0 Å². The van der Waals surface area contributed by atoms with Gasteiger partial charge in [0.05, 0.1) is 0 Å². The molecule has 0 aromatic heterocycles. The molecule has 1 saturated heterocycles. The van der Waals surface area contributed by atoms with Crippen molar-refractivity contribution in [1.82, 2.24) is 10.2 Å². The molecule has 1 rings (SSSR count). The minimum absolute atomic E-state index is 0.705. The molecule has 0 saturated carbocycles. The highest BCUT2D eigenvalue weighted by atomic mass is 15.1. The van der Waals surface area contributed by atoms with Crippen LogP contribution in [0.4, 0.5) is 0 Å². The third-order valence-electron chi connectivity index (χ3n) is 3.86. The quantitative estimate of drug-likeness (QED) is 0.621. The van der Waals surface area contributed by atoms with Gasteiger partial charge in [0, 0.05) is 19.1 Å². The predicted molar refractivity (Wildman–Crippen MR) is 76.5 cm³/mol. The molecule has 1 N–H and O–H groups in total. The lowest BCUT2D eigenvalue weighted by atomic mass is 10.1. The van der Waals surface area contributed by atoms with E-state index in [1.807, 2.05) is 0 Å². The second-order valence-corrected chi connectivity index (χ2v) is 5.61. The molecule has 0 amide bonds. The lowest BCUT2D eigenvalue weighted by Gasteiger charge is -2.27. The molecule has 0 radical (unpaired) electrons. The van der Waals surface area contributed by atoms with Crippen LogP contribution in [0.15, 0.2) is 0 Å². The maximum absolute atomic E-state index is 3.67. The average Bonchev–Trinajstić information content (AvgIpc) is 2.36. The fraction of sp³-hybridized carbons (Fsp3) is 1.00. The monoisotopic (exact) mass is 240 g/mol. The molecule has 0 aromatic carbocycles. The van der Waals surface area contributed by atoms with Gasteiger partial charge in [0.1, 0.15) is 0 Å². The summed E-state index contributed by atoms with van der Waals surface area (Å²) in [7, 11) is 0. The Morgan fingerprint density at radius 2 is 1.82 bits per heavy atom. The molecule has 1 aliphatic heterocycles. The fourth-order valence-corrected chi connectivity index (χ4v) is 2.63. The predicted octanol–water partition coefficient (Wildman–Crippen LogP) is 3.42. The molecule has 1 aliphatic rings. The molecule has 0 bridgehead atoms. The van der Waals surface area contributed by atoms with Gasteiger partial charge in [-0.2, -0.15) is 0 Å². The van der Waals surface area contributed by atoms with Crippen LogP contribution in [-0.2, 0) is 0 Å². The zero-order valence-corrected chi connectivity index (χ0v) is 12.0. The Balaban J connectivity index is 1.90. The fourth-order valence-electron chi connectivity index (χ4n) is 2.63. The second kappa shape index (κ2) is 9.90. The molecular formula is C15H32N2. The molecule has 1 fully saturated rings. The summed E-state index contributed by atoms with van der Waals surface area (Å²) in [5.74, 6) is 0. The normalized spacial score (nSPS) is 19.4. The Hall–Kier alpha value is -0.0800. The third kappa shape index (κ3) is 7.77. The number of unbranched alkanes of at least 4 members (excludes halogenated alkanes) is 3. The molecule has 0 aromatic rings. The first kappa shape index (κ1) is 15.0. The van der Waals surface area contributed by atoms with E-state index < -0.39 is 0 Å². The van der Waals surface area contributed by atoms with Crippen molar-refractivity contribution in [2.75, 3.05) is 26.2 Å². The smallest absolute Gasteiger partial charge is 0.0107 e. The molecule has 17 heavy (non-hydrogen) atoms. The van der Waals surface area contributed by atoms with Crippen molar-refractivity contribution in [2.24, 2.45) is 0 Å². The van der Waals surface area contributed by atoms with E-state index in [1.165, 1.54) is 77.5 Å². The summed E-state index contributed by atoms with van der Waals surface area (Å²) >= 11 is 0. The topological polar surface area (TPSA) is 15.3 Å². The SMILES string of the molecule is CCCCCCC(C)NCCN1CCCCC1. The maximum Gasteiger partial charge on any atom is 0.0107 e. The largest absolute Gasteiger partial charge is 0.313 e. The van der Waals surface area contributed by atoms with E-state index in [4.69, 9.17) is 0 Å². The molecular weight excluding hydrogens is 208 g/mol. The number of nitrogens with zero attached hydrogens (tertiary/aromatic N) is 1. The van der Waals surface area contributed by atoms with Crippen LogP contribution in [-0.4, -0.2) is 37.1 Å². The lowest BCUT2D eigenvalue weighted by Crippen LogP contribution is -2.38. The Morgan fingerprint density at radius 1 is 1.06 bits per heavy atom. The van der Waals surface area contributed by atoms with Crippen LogP contribution in [0.3, 0.4) is 0 Å². The van der Waals surface area contributed by atoms with E-state index in [0.29, 0.717) is 6.04 Å². The highest BCUT2D eigenvalue weighted by Gasteiger charge is 2.09. The van der Waals surface area contributed by atoms with Gasteiger partial charge in [-0.3, -0.25) is 0 Å². The minimum atomic E-state index is 0.705. The van der Waals surface area contributed by atoms with Crippen LogP contribution in [0.2, 0.25) is 0 Å². The average molecular weight is 240 g/mol. The lowest BCUT2D eigenvalue weighted by molar-refractivity contribution is 0.226. The van der Waals surface area contributed by atoms with Crippen molar-refractivity contribution < 1.29 is 0 Å². The first-order chi connectivity index (χ1) is 8.33. The van der Waals surface area contributed by atoms with Gasteiger partial charge < -0.3 is 10.2 Å². The van der Waals surface area contributed by atoms with E-state index >= 15 is 0 Å². The Labute approximate surface area is 108 Å². The van der Waals surface area contributed by atoms with Crippen LogP contribution >= 0.6 is 0 Å². The van der Waals surface area contributed by atoms with Crippen molar-refractivity contribution in [3.63, 3.8) is 0 Å². The zero-order chi connectivity index (χ0) is 12.3. The van der Waals surface area contributed by atoms with Crippen LogP contribution in [0.5, 0.6) is 0 Å². The van der Waals surface area contributed by atoms with Gasteiger partial charge in [-0.25, -0.2) is 0 Å². The summed E-state index contributed by atoms with van der Waals surface area (Å²) in [5, 5.41) is 3.67. The number of nitrogens with one attached hydrogen (secondary N) is 1. The molecule has 1 heterocycles. The third-order valence-corrected chi connectivity index (χ3v) is 3.86. The van der Waals surface area contributed by atoms with E-state index in [0.717, 1.165) is 0 Å². The van der Waals surface area contributed by atoms with Crippen LogP contribution in [0.25, 0.3) is 0 Å². The number of likely N-dealkylation sites (tertiary alicyclic amines) is 1. The van der Waals surface area contributed by atoms with Crippen molar-refractivity contribution in [3.05, 3.63) is 0 Å². The van der Waals surface area contributed by atoms with Crippen molar-refractivity contribution in [2.45, 2.75) is 71.3 Å². The highest BCUT2D eigenvalue weighted by molar-refractivity contribution is 4.67. The minimum Gasteiger partial charge on any atom is -0.313 e. The van der Waals surface area contributed by atoms with E-state index in [1.54, 1.807) is 0 Å². The standard InChI is InChI=1S/C15H32N2/c1-3-4-5-7-10-15(2)16-11-14-17-12-8-6-9-13-17/h15-16H,3-14H2,1-2H3. The van der Waals surface area contributed by atoms with E-state index in [-0.39, 0.29) is 0 Å². The molecule has 0 spiro atoms. The molecule has 2 nitrogen and oxygen atoms in total. The maximum atomic E-state index is 3.67.